The van der Waals surface area contributed by atoms with Crippen LogP contribution in [-0.2, 0) is 17.9 Å². The van der Waals surface area contributed by atoms with E-state index in [4.69, 9.17) is 11.6 Å². The summed E-state index contributed by atoms with van der Waals surface area (Å²) in [4.78, 5) is 12.4. The maximum atomic E-state index is 12.4. The van der Waals surface area contributed by atoms with Crippen LogP contribution in [0, 0.1) is 0 Å². The van der Waals surface area contributed by atoms with Gasteiger partial charge in [0.15, 0.2) is 5.16 Å². The lowest BCUT2D eigenvalue weighted by Crippen LogP contribution is -2.30. The Morgan fingerprint density at radius 1 is 1.48 bits per heavy atom. The number of halogens is 1. The predicted octanol–water partition coefficient (Wildman–Crippen LogP) is 3.79. The highest BCUT2D eigenvalue weighted by Gasteiger charge is 2.30. The third-order valence-corrected chi connectivity index (χ3v) is 5.51. The van der Waals surface area contributed by atoms with E-state index in [1.165, 1.54) is 11.8 Å². The van der Waals surface area contributed by atoms with Crippen LogP contribution in [0.2, 0.25) is 5.02 Å². The van der Waals surface area contributed by atoms with Gasteiger partial charge in [-0.1, -0.05) is 47.6 Å². The van der Waals surface area contributed by atoms with E-state index < -0.39 is 0 Å². The van der Waals surface area contributed by atoms with Gasteiger partial charge in [0, 0.05) is 24.0 Å². The molecule has 2 aromatic rings. The molecule has 132 valence electrons. The first-order chi connectivity index (χ1) is 12.1. The second-order valence-electron chi connectivity index (χ2n) is 6.08. The quantitative estimate of drug-likeness (QED) is 0.562. The number of carbonyl (C=O) groups excluding carboxylic acids is 1. The first-order valence-corrected chi connectivity index (χ1v) is 9.57. The number of thioether (sulfide) groups is 1. The number of rotatable bonds is 8. The fraction of sp³-hybridized carbons (Fsp3) is 0.389. The topological polar surface area (TPSA) is 59.8 Å². The third kappa shape index (κ3) is 4.44. The molecule has 7 heteroatoms. The second kappa shape index (κ2) is 8.06. The molecule has 1 atom stereocenters. The molecule has 3 rings (SSSR count). The van der Waals surface area contributed by atoms with Gasteiger partial charge in [-0.25, -0.2) is 0 Å². The van der Waals surface area contributed by atoms with Crippen LogP contribution in [0.4, 0.5) is 0 Å². The minimum atomic E-state index is -0.276. The van der Waals surface area contributed by atoms with E-state index in [-0.39, 0.29) is 11.2 Å². The van der Waals surface area contributed by atoms with Crippen molar-refractivity contribution >= 4 is 29.3 Å². The van der Waals surface area contributed by atoms with Gasteiger partial charge in [-0.2, -0.15) is 0 Å². The van der Waals surface area contributed by atoms with E-state index in [0.29, 0.717) is 24.0 Å². The largest absolute Gasteiger partial charge is 0.351 e. The van der Waals surface area contributed by atoms with Gasteiger partial charge in [0.25, 0.3) is 0 Å². The highest BCUT2D eigenvalue weighted by atomic mass is 35.5. The van der Waals surface area contributed by atoms with Crippen molar-refractivity contribution in [2.75, 3.05) is 0 Å². The van der Waals surface area contributed by atoms with Crippen molar-refractivity contribution in [3.05, 3.63) is 53.3 Å². The smallest absolute Gasteiger partial charge is 0.233 e. The molecule has 1 aromatic carbocycles. The van der Waals surface area contributed by atoms with Crippen LogP contribution in [0.1, 0.15) is 37.1 Å². The van der Waals surface area contributed by atoms with E-state index in [1.807, 2.05) is 37.3 Å². The standard InChI is InChI=1S/C18H21ClN4OS/c1-3-10-23-16(13-8-9-13)21-22-18(23)25-12(2)17(24)20-11-14-6-4-5-7-15(14)19/h3-7,12-13H,1,8-11H2,2H3,(H,20,24). The summed E-state index contributed by atoms with van der Waals surface area (Å²) in [6.07, 6.45) is 4.16. The summed E-state index contributed by atoms with van der Waals surface area (Å²) in [7, 11) is 0. The van der Waals surface area contributed by atoms with Crippen molar-refractivity contribution < 1.29 is 4.79 Å². The zero-order chi connectivity index (χ0) is 17.8. The van der Waals surface area contributed by atoms with Gasteiger partial charge in [0.1, 0.15) is 5.82 Å². The summed E-state index contributed by atoms with van der Waals surface area (Å²) in [6, 6.07) is 7.50. The van der Waals surface area contributed by atoms with Crippen molar-refractivity contribution in [1.29, 1.82) is 0 Å². The lowest BCUT2D eigenvalue weighted by atomic mass is 10.2. The molecule has 1 aromatic heterocycles. The van der Waals surface area contributed by atoms with Crippen molar-refractivity contribution in [1.82, 2.24) is 20.1 Å². The van der Waals surface area contributed by atoms with Gasteiger partial charge in [0.2, 0.25) is 5.91 Å². The molecule has 1 unspecified atom stereocenters. The van der Waals surface area contributed by atoms with Gasteiger partial charge < -0.3 is 9.88 Å². The van der Waals surface area contributed by atoms with Crippen LogP contribution in [0.25, 0.3) is 0 Å². The summed E-state index contributed by atoms with van der Waals surface area (Å²) >= 11 is 7.54. The highest BCUT2D eigenvalue weighted by Crippen LogP contribution is 2.40. The van der Waals surface area contributed by atoms with Crippen LogP contribution in [0.15, 0.2) is 42.1 Å². The first kappa shape index (κ1) is 18.0. The lowest BCUT2D eigenvalue weighted by Gasteiger charge is -2.13. The maximum Gasteiger partial charge on any atom is 0.233 e. The van der Waals surface area contributed by atoms with Crippen LogP contribution < -0.4 is 5.32 Å². The van der Waals surface area contributed by atoms with E-state index >= 15 is 0 Å². The molecule has 1 fully saturated rings. The monoisotopic (exact) mass is 376 g/mol. The van der Waals surface area contributed by atoms with Gasteiger partial charge in [-0.15, -0.1) is 16.8 Å². The molecular formula is C18H21ClN4OS. The number of nitrogens with one attached hydrogen (secondary N) is 1. The first-order valence-electron chi connectivity index (χ1n) is 8.32. The Labute approximate surface area is 156 Å². The molecule has 0 aliphatic heterocycles. The average Bonchev–Trinajstić information content (AvgIpc) is 3.38. The van der Waals surface area contributed by atoms with Gasteiger partial charge in [0.05, 0.1) is 5.25 Å². The third-order valence-electron chi connectivity index (χ3n) is 4.06. The molecule has 25 heavy (non-hydrogen) atoms. The highest BCUT2D eigenvalue weighted by molar-refractivity contribution is 8.00. The molecular weight excluding hydrogens is 356 g/mol. The minimum absolute atomic E-state index is 0.0500. The number of aromatic nitrogens is 3. The van der Waals surface area contributed by atoms with Gasteiger partial charge in [-0.05, 0) is 31.4 Å². The number of hydrogen-bond donors (Lipinski definition) is 1. The van der Waals surface area contributed by atoms with Gasteiger partial charge >= 0.3 is 0 Å². The Morgan fingerprint density at radius 3 is 2.92 bits per heavy atom. The zero-order valence-electron chi connectivity index (χ0n) is 14.1. The van der Waals surface area contributed by atoms with Crippen LogP contribution in [0.3, 0.4) is 0 Å². The SMILES string of the molecule is C=CCn1c(SC(C)C(=O)NCc2ccccc2Cl)nnc1C1CC1. The molecule has 0 radical (unpaired) electrons. The van der Waals surface area contributed by atoms with E-state index in [1.54, 1.807) is 0 Å². The Morgan fingerprint density at radius 2 is 2.24 bits per heavy atom. The Balaban J connectivity index is 1.61. The van der Waals surface area contributed by atoms with E-state index in [9.17, 15) is 4.79 Å². The fourth-order valence-electron chi connectivity index (χ4n) is 2.51. The van der Waals surface area contributed by atoms with Crippen molar-refractivity contribution in [2.45, 2.75) is 49.2 Å². The average molecular weight is 377 g/mol. The van der Waals surface area contributed by atoms with Crippen molar-refractivity contribution in [3.63, 3.8) is 0 Å². The molecule has 1 N–H and O–H groups in total. The fourth-order valence-corrected chi connectivity index (χ4v) is 3.60. The maximum absolute atomic E-state index is 12.4. The normalized spacial score (nSPS) is 15.0. The predicted molar refractivity (Wildman–Crippen MR) is 101 cm³/mol. The Kier molecular flexibility index (Phi) is 5.81. The molecule has 1 saturated carbocycles. The van der Waals surface area contributed by atoms with Crippen LogP contribution in [-0.4, -0.2) is 25.9 Å². The number of carbonyl (C=O) groups is 1. The van der Waals surface area contributed by atoms with E-state index in [0.717, 1.165) is 29.4 Å². The molecule has 0 bridgehead atoms. The van der Waals surface area contributed by atoms with Crippen LogP contribution in [0.5, 0.6) is 0 Å². The molecule has 1 heterocycles. The summed E-state index contributed by atoms with van der Waals surface area (Å²) < 4.78 is 2.06. The summed E-state index contributed by atoms with van der Waals surface area (Å²) in [5.41, 5.74) is 0.903. The van der Waals surface area contributed by atoms with Gasteiger partial charge in [-0.3, -0.25) is 4.79 Å². The number of nitrogens with zero attached hydrogens (tertiary/aromatic N) is 3. The molecule has 1 aliphatic carbocycles. The van der Waals surface area contributed by atoms with Crippen LogP contribution >= 0.6 is 23.4 Å². The minimum Gasteiger partial charge on any atom is -0.351 e. The molecule has 1 aliphatic rings. The summed E-state index contributed by atoms with van der Waals surface area (Å²) in [6.45, 7) is 6.75. The second-order valence-corrected chi connectivity index (χ2v) is 7.80. The van der Waals surface area contributed by atoms with Crippen molar-refractivity contribution in [3.8, 4) is 0 Å². The summed E-state index contributed by atoms with van der Waals surface area (Å²) in [5, 5.41) is 12.7. The number of hydrogen-bond acceptors (Lipinski definition) is 4. The van der Waals surface area contributed by atoms with E-state index in [2.05, 4.69) is 26.7 Å². The zero-order valence-corrected chi connectivity index (χ0v) is 15.7. The summed E-state index contributed by atoms with van der Waals surface area (Å²) in [5.74, 6) is 1.46. The number of allylic oxidation sites excluding steroid dienone is 1. The molecule has 0 saturated heterocycles. The molecule has 5 nitrogen and oxygen atoms in total. The Hall–Kier alpha value is -1.79. The van der Waals surface area contributed by atoms with Crippen molar-refractivity contribution in [2.24, 2.45) is 0 Å². The Bertz CT molecular complexity index is 772. The lowest BCUT2D eigenvalue weighted by molar-refractivity contribution is -0.120. The molecule has 1 amide bonds. The number of benzene rings is 1. The number of amides is 1. The molecule has 0 spiro atoms.